The number of benzene rings is 6. The molecule has 4 heterocycles. The van der Waals surface area contributed by atoms with Gasteiger partial charge < -0.3 is 46.6 Å². The van der Waals surface area contributed by atoms with Crippen LogP contribution in [0.3, 0.4) is 0 Å². The van der Waals surface area contributed by atoms with Crippen LogP contribution in [0, 0.1) is 27.9 Å². The summed E-state index contributed by atoms with van der Waals surface area (Å²) >= 11 is 49.1. The minimum atomic E-state index is -2.20. The predicted octanol–water partition coefficient (Wildman–Crippen LogP) is 17.4. The second-order valence-electron chi connectivity index (χ2n) is 30.3. The Balaban J connectivity index is 0.000000124. The van der Waals surface area contributed by atoms with E-state index in [0.717, 1.165) is 121 Å². The minimum absolute atomic E-state index is 0.0246. The first-order chi connectivity index (χ1) is 49.5. The molecule has 8 aliphatic carbocycles. The number of hydrogen-bond donors (Lipinski definition) is 8. The maximum Gasteiger partial charge on any atom is 0.261 e. The van der Waals surface area contributed by atoms with Gasteiger partial charge in [-0.2, -0.15) is 0 Å². The molecule has 0 spiro atoms. The Kier molecular flexibility index (Phi) is 20.8. The second kappa shape index (κ2) is 28.4. The summed E-state index contributed by atoms with van der Waals surface area (Å²) in [6.45, 7) is 2.23. The predicted molar refractivity (Wildman–Crippen MR) is 399 cm³/mol. The number of amides is 4. The number of nitrogens with one attached hydrogen (secondary N) is 4. The fourth-order valence-corrected chi connectivity index (χ4v) is 19.2. The fraction of sp³-hybridized carbons (Fsp3) is 0.436. The molecule has 17 nitrogen and oxygen atoms in total. The quantitative estimate of drug-likeness (QED) is 0.0420. The molecule has 4 aliphatic heterocycles. The summed E-state index contributed by atoms with van der Waals surface area (Å²) in [5.74, 6) is -4.70. The molecule has 4 unspecified atom stereocenters. The van der Waals surface area contributed by atoms with Crippen molar-refractivity contribution >= 4 is 162 Å². The van der Waals surface area contributed by atoms with Crippen molar-refractivity contribution < 1.29 is 67.6 Å². The summed E-state index contributed by atoms with van der Waals surface area (Å²) in [6.07, 6.45) is 14.4. The molecule has 8 fully saturated rings. The monoisotopic (exact) mass is 1590 g/mol. The molecule has 554 valence electrons. The average Bonchev–Trinajstić information content (AvgIpc) is 1.71. The lowest BCUT2D eigenvalue weighted by Gasteiger charge is -2.55. The molecule has 27 heteroatoms. The number of carbonyl (C=O) groups excluding carboxylic acids is 8. The van der Waals surface area contributed by atoms with Gasteiger partial charge in [-0.15, -0.1) is 0 Å². The molecule has 0 aromatic heterocycles. The third kappa shape index (κ3) is 13.6. The van der Waals surface area contributed by atoms with E-state index in [2.05, 4.69) is 47.2 Å². The average molecular weight is 1600 g/mol. The van der Waals surface area contributed by atoms with Gasteiger partial charge in [-0.25, -0.2) is 8.78 Å². The van der Waals surface area contributed by atoms with Crippen LogP contribution in [0.5, 0.6) is 0 Å². The largest absolute Gasteiger partial charge is 0.375 e. The van der Waals surface area contributed by atoms with Crippen LogP contribution < -0.4 is 21.3 Å². The number of fused-ring (bicyclic) bond motifs is 10. The van der Waals surface area contributed by atoms with E-state index in [1.54, 1.807) is 36.4 Å². The maximum atomic E-state index is 14.4. The molecule has 4 amide bonds. The topological polar surface area (TPSA) is 269 Å². The zero-order chi connectivity index (χ0) is 75.6. The van der Waals surface area contributed by atoms with Gasteiger partial charge >= 0.3 is 0 Å². The normalized spacial score (nSPS) is 28.3. The van der Waals surface area contributed by atoms with Crippen LogP contribution in [0.1, 0.15) is 208 Å². The molecular weight excluding hydrogens is 1520 g/mol. The van der Waals surface area contributed by atoms with Crippen molar-refractivity contribution in [3.05, 3.63) is 181 Å². The highest BCUT2D eigenvalue weighted by Gasteiger charge is 2.59. The van der Waals surface area contributed by atoms with E-state index in [9.17, 15) is 67.6 Å². The summed E-state index contributed by atoms with van der Waals surface area (Å²) in [4.78, 5) is 104. The van der Waals surface area contributed by atoms with Crippen LogP contribution in [-0.2, 0) is 51.2 Å². The molecule has 0 saturated heterocycles. The molecule has 4 bridgehead atoms. The van der Waals surface area contributed by atoms with E-state index in [1.165, 1.54) is 42.5 Å². The number of Topliss-reactive ketones (excluding diaryl/α,β-unsaturated/α-hetero) is 4. The van der Waals surface area contributed by atoms with Gasteiger partial charge in [0, 0.05) is 77.1 Å². The SMILES string of the molecule is CCC12CCC(C(=O)CC3(O)C(=O)Nc4c(Cl)ccc(Cl)c43)(CC1)CC2.CN(C)C12CCC(C(=O)CC3(O)C(=O)Nc4c(Cl)ccc(Cl)c43)(CC1)CC2.O=C(CC1(O)C(=O)Nc2c(Cl)ccc(Cl)c21)c1ccc(C2CC2)c(F)c1.O=C(CC1(O)C(=O)Nc2c(Cl)ccc(Cl)c21)c1ccc(C2CC2)cc1F. The number of anilines is 4. The van der Waals surface area contributed by atoms with Crippen LogP contribution in [0.2, 0.25) is 40.2 Å². The number of carbonyl (C=O) groups is 8. The highest BCUT2D eigenvalue weighted by Crippen LogP contribution is 2.61. The van der Waals surface area contributed by atoms with Crippen molar-refractivity contribution in [2.45, 2.75) is 182 Å². The van der Waals surface area contributed by atoms with E-state index in [4.69, 9.17) is 92.8 Å². The Labute approximate surface area is 644 Å². The van der Waals surface area contributed by atoms with E-state index in [1.807, 2.05) is 0 Å². The molecular formula is C78H75Cl8F2N5O12. The van der Waals surface area contributed by atoms with Crippen LogP contribution in [-0.4, -0.2) is 91.7 Å². The van der Waals surface area contributed by atoms with Gasteiger partial charge in [0.05, 0.1) is 61.2 Å². The van der Waals surface area contributed by atoms with E-state index in [0.29, 0.717) is 38.3 Å². The first kappa shape index (κ1) is 77.0. The Morgan fingerprint density at radius 3 is 1.10 bits per heavy atom. The number of nitrogens with zero attached hydrogens (tertiary/aromatic N) is 1. The van der Waals surface area contributed by atoms with Crippen molar-refractivity contribution in [1.82, 2.24) is 4.90 Å². The van der Waals surface area contributed by atoms with Crippen molar-refractivity contribution in [2.24, 2.45) is 16.2 Å². The molecule has 105 heavy (non-hydrogen) atoms. The zero-order valence-corrected chi connectivity index (χ0v) is 63.4. The van der Waals surface area contributed by atoms with Gasteiger partial charge in [0.15, 0.2) is 34.0 Å². The number of aliphatic hydroxyl groups is 4. The standard InChI is InChI=1S/C20H24Cl2N2O3.C20H23Cl2NO3.2C19H14Cl2FNO3/c1-24(2)19-8-5-18(6-9-19,7-10-19)14(25)11-20(27)15-12(21)3-4-13(22)16(15)23-17(20)26;1-2-18-5-8-19(9-6-18,10-7-18)14(24)11-20(26)15-12(21)3-4-13(22)16(15)23-17(20)25;20-12-5-6-13(21)17-16(12)19(26,18(25)23-17)8-15(24)10-3-4-11(9-1-2-9)14(22)7-10;20-12-5-6-13(21)17-16(12)19(26,18(25)23-17)8-15(24)11-4-3-10(7-14(11)22)9-1-2-9/h3-4,27H,5-11H2,1-2H3,(H,23,26);3-4,26H,2,5-11H2,1H3,(H,23,25);2*3-7,9,26H,1-2,8H2,(H,23,25). The number of rotatable bonds is 16. The Morgan fingerprint density at radius 1 is 0.429 bits per heavy atom. The van der Waals surface area contributed by atoms with Crippen LogP contribution in [0.15, 0.2) is 84.9 Å². The lowest BCUT2D eigenvalue weighted by atomic mass is 9.51. The van der Waals surface area contributed by atoms with Crippen LogP contribution in [0.4, 0.5) is 31.5 Å². The molecule has 8 saturated carbocycles. The molecule has 6 aromatic carbocycles. The van der Waals surface area contributed by atoms with Gasteiger partial charge in [0.1, 0.15) is 23.2 Å². The van der Waals surface area contributed by atoms with Crippen LogP contribution >= 0.6 is 92.8 Å². The zero-order valence-electron chi connectivity index (χ0n) is 57.4. The summed E-state index contributed by atoms with van der Waals surface area (Å²) in [5.41, 5.74) is -5.59. The Hall–Kier alpha value is -6.14. The lowest BCUT2D eigenvalue weighted by molar-refractivity contribution is -0.150. The van der Waals surface area contributed by atoms with E-state index >= 15 is 0 Å². The van der Waals surface area contributed by atoms with Gasteiger partial charge in [-0.1, -0.05) is 124 Å². The van der Waals surface area contributed by atoms with Crippen molar-refractivity contribution in [1.29, 1.82) is 0 Å². The number of hydrogen-bond acceptors (Lipinski definition) is 13. The summed E-state index contributed by atoms with van der Waals surface area (Å²) in [6, 6.07) is 20.8. The van der Waals surface area contributed by atoms with Gasteiger partial charge in [-0.3, -0.25) is 38.4 Å². The molecule has 4 atom stereocenters. The Bertz CT molecular complexity index is 4670. The lowest BCUT2D eigenvalue weighted by Crippen LogP contribution is -2.56. The fourth-order valence-electron chi connectivity index (χ4n) is 17.1. The molecule has 0 radical (unpaired) electrons. The summed E-state index contributed by atoms with van der Waals surface area (Å²) in [5, 5.41) is 56.0. The number of halogens is 10. The number of ketones is 4. The minimum Gasteiger partial charge on any atom is -0.375 e. The first-order valence-corrected chi connectivity index (χ1v) is 38.0. The van der Waals surface area contributed by atoms with Gasteiger partial charge in [0.25, 0.3) is 23.6 Å². The maximum absolute atomic E-state index is 14.4. The van der Waals surface area contributed by atoms with Crippen LogP contribution in [0.25, 0.3) is 0 Å². The third-order valence-electron chi connectivity index (χ3n) is 24.4. The van der Waals surface area contributed by atoms with E-state index < -0.39 is 92.9 Å². The summed E-state index contributed by atoms with van der Waals surface area (Å²) in [7, 11) is 4.21. The highest BCUT2D eigenvalue weighted by molar-refractivity contribution is 6.41. The molecule has 12 aliphatic rings. The van der Waals surface area contributed by atoms with Crippen molar-refractivity contribution in [2.75, 3.05) is 35.4 Å². The van der Waals surface area contributed by atoms with Gasteiger partial charge in [-0.05, 0) is 212 Å². The molecule has 6 aromatic rings. The molecule has 8 N–H and O–H groups in total. The Morgan fingerprint density at radius 2 is 0.771 bits per heavy atom. The van der Waals surface area contributed by atoms with Gasteiger partial charge in [0.2, 0.25) is 0 Å². The highest BCUT2D eigenvalue weighted by atomic mass is 35.5. The first-order valence-electron chi connectivity index (χ1n) is 35.0. The smallest absolute Gasteiger partial charge is 0.261 e. The third-order valence-corrected chi connectivity index (χ3v) is 26.9. The van der Waals surface area contributed by atoms with E-state index in [-0.39, 0.29) is 111 Å². The second-order valence-corrected chi connectivity index (χ2v) is 33.6. The van der Waals surface area contributed by atoms with Crippen molar-refractivity contribution in [3.8, 4) is 0 Å². The van der Waals surface area contributed by atoms with Crippen molar-refractivity contribution in [3.63, 3.8) is 0 Å². The molecule has 18 rings (SSSR count). The summed E-state index contributed by atoms with van der Waals surface area (Å²) < 4.78 is 28.6.